The second-order valence-electron chi connectivity index (χ2n) is 5.11. The first-order valence-corrected chi connectivity index (χ1v) is 8.47. The average molecular weight is 373 g/mol. The fourth-order valence-corrected chi connectivity index (χ4v) is 3.04. The predicted molar refractivity (Wildman–Crippen MR) is 98.4 cm³/mol. The van der Waals surface area contributed by atoms with E-state index < -0.39 is 0 Å². The summed E-state index contributed by atoms with van der Waals surface area (Å²) in [5.41, 5.74) is 1.83. The summed E-state index contributed by atoms with van der Waals surface area (Å²) in [6.45, 7) is 1.85. The van der Waals surface area contributed by atoms with Crippen molar-refractivity contribution in [1.82, 2.24) is 9.97 Å². The molecule has 2 aromatic heterocycles. The van der Waals surface area contributed by atoms with E-state index in [2.05, 4.69) is 20.6 Å². The molecule has 0 spiro atoms. The monoisotopic (exact) mass is 372 g/mol. The van der Waals surface area contributed by atoms with Crippen molar-refractivity contribution in [3.8, 4) is 0 Å². The lowest BCUT2D eigenvalue weighted by Crippen LogP contribution is -2.12. The maximum absolute atomic E-state index is 12.4. The van der Waals surface area contributed by atoms with Crippen molar-refractivity contribution < 1.29 is 9.59 Å². The first-order chi connectivity index (χ1) is 12.0. The molecule has 0 bridgehead atoms. The van der Waals surface area contributed by atoms with E-state index >= 15 is 0 Å². The minimum atomic E-state index is -0.337. The van der Waals surface area contributed by atoms with Crippen LogP contribution in [0.25, 0.3) is 0 Å². The molecule has 2 amide bonds. The second kappa shape index (κ2) is 7.42. The summed E-state index contributed by atoms with van der Waals surface area (Å²) in [5, 5.41) is 6.20. The van der Waals surface area contributed by atoms with E-state index in [0.29, 0.717) is 26.3 Å². The lowest BCUT2D eigenvalue weighted by molar-refractivity contribution is 0.102. The maximum atomic E-state index is 12.4. The summed E-state index contributed by atoms with van der Waals surface area (Å²) in [6, 6.07) is 8.68. The molecule has 0 saturated carbocycles. The Hall–Kier alpha value is -2.77. The van der Waals surface area contributed by atoms with Gasteiger partial charge in [0.15, 0.2) is 5.13 Å². The van der Waals surface area contributed by atoms with Gasteiger partial charge in [0, 0.05) is 12.4 Å². The summed E-state index contributed by atoms with van der Waals surface area (Å²) in [6.07, 6.45) is 4.45. The molecule has 0 atom stereocenters. The van der Waals surface area contributed by atoms with Gasteiger partial charge in [-0.25, -0.2) is 4.98 Å². The van der Waals surface area contributed by atoms with Crippen LogP contribution in [0.2, 0.25) is 5.02 Å². The fourth-order valence-electron chi connectivity index (χ4n) is 2.07. The first kappa shape index (κ1) is 17.1. The molecule has 0 fully saturated rings. The van der Waals surface area contributed by atoms with Crippen LogP contribution in [-0.4, -0.2) is 21.8 Å². The SMILES string of the molecule is Cc1cccc(Cl)c1NC(=O)c1cnc(NC(=O)c2cccnc2)s1. The molecule has 2 N–H and O–H groups in total. The third-order valence-electron chi connectivity index (χ3n) is 3.33. The number of anilines is 2. The van der Waals surface area contributed by atoms with E-state index in [1.54, 1.807) is 24.4 Å². The summed E-state index contributed by atoms with van der Waals surface area (Å²) in [5.74, 6) is -0.674. The normalized spacial score (nSPS) is 10.3. The van der Waals surface area contributed by atoms with E-state index in [-0.39, 0.29) is 11.8 Å². The standard InChI is InChI=1S/C17H13ClN4O2S/c1-10-4-2-6-12(18)14(10)21-16(24)13-9-20-17(25-13)22-15(23)11-5-3-7-19-8-11/h2-9H,1H3,(H,21,24)(H,20,22,23). The van der Waals surface area contributed by atoms with Crippen molar-refractivity contribution >= 4 is 45.6 Å². The number of pyridine rings is 1. The molecule has 3 rings (SSSR count). The van der Waals surface area contributed by atoms with E-state index in [9.17, 15) is 9.59 Å². The Morgan fingerprint density at radius 3 is 2.64 bits per heavy atom. The lowest BCUT2D eigenvalue weighted by Gasteiger charge is -2.08. The third-order valence-corrected chi connectivity index (χ3v) is 4.56. The van der Waals surface area contributed by atoms with E-state index in [1.807, 2.05) is 19.1 Å². The topological polar surface area (TPSA) is 84.0 Å². The van der Waals surface area contributed by atoms with Crippen molar-refractivity contribution in [2.75, 3.05) is 10.6 Å². The Balaban J connectivity index is 1.71. The molecular formula is C17H13ClN4O2S. The molecule has 0 saturated heterocycles. The average Bonchev–Trinajstić information content (AvgIpc) is 3.07. The highest BCUT2D eigenvalue weighted by molar-refractivity contribution is 7.17. The predicted octanol–water partition coefficient (Wildman–Crippen LogP) is 4.00. The summed E-state index contributed by atoms with van der Waals surface area (Å²) >= 11 is 7.19. The number of carbonyl (C=O) groups excluding carboxylic acids is 2. The van der Waals surface area contributed by atoms with Gasteiger partial charge >= 0.3 is 0 Å². The zero-order valence-corrected chi connectivity index (χ0v) is 14.7. The van der Waals surface area contributed by atoms with Crippen LogP contribution in [0, 0.1) is 6.92 Å². The molecule has 0 aliphatic heterocycles. The molecule has 0 aliphatic carbocycles. The zero-order chi connectivity index (χ0) is 17.8. The number of thiazole rings is 1. The molecule has 3 aromatic rings. The number of aromatic nitrogens is 2. The van der Waals surface area contributed by atoms with Crippen molar-refractivity contribution in [2.45, 2.75) is 6.92 Å². The number of hydrogen-bond acceptors (Lipinski definition) is 5. The Morgan fingerprint density at radius 1 is 1.08 bits per heavy atom. The number of rotatable bonds is 4. The Morgan fingerprint density at radius 2 is 1.92 bits per heavy atom. The number of carbonyl (C=O) groups is 2. The van der Waals surface area contributed by atoms with Gasteiger partial charge in [0.1, 0.15) is 4.88 Å². The number of benzene rings is 1. The summed E-state index contributed by atoms with van der Waals surface area (Å²) < 4.78 is 0. The van der Waals surface area contributed by atoms with Crippen LogP contribution < -0.4 is 10.6 Å². The molecule has 0 aliphatic rings. The lowest BCUT2D eigenvalue weighted by atomic mass is 10.2. The quantitative estimate of drug-likeness (QED) is 0.724. The smallest absolute Gasteiger partial charge is 0.267 e. The Bertz CT molecular complexity index is 907. The van der Waals surface area contributed by atoms with Crippen LogP contribution in [0.15, 0.2) is 48.9 Å². The van der Waals surface area contributed by atoms with Gasteiger partial charge in [-0.2, -0.15) is 0 Å². The van der Waals surface area contributed by atoms with Crippen LogP contribution in [0.3, 0.4) is 0 Å². The number of halogens is 1. The molecule has 25 heavy (non-hydrogen) atoms. The number of amides is 2. The van der Waals surface area contributed by atoms with Gasteiger partial charge < -0.3 is 5.32 Å². The number of nitrogens with one attached hydrogen (secondary N) is 2. The van der Waals surface area contributed by atoms with Gasteiger partial charge in [-0.15, -0.1) is 0 Å². The van der Waals surface area contributed by atoms with Crippen LogP contribution in [-0.2, 0) is 0 Å². The Labute approximate surface area is 152 Å². The van der Waals surface area contributed by atoms with Crippen molar-refractivity contribution in [1.29, 1.82) is 0 Å². The van der Waals surface area contributed by atoms with Crippen molar-refractivity contribution in [2.24, 2.45) is 0 Å². The number of hydrogen-bond donors (Lipinski definition) is 2. The molecule has 8 heteroatoms. The van der Waals surface area contributed by atoms with E-state index in [4.69, 9.17) is 11.6 Å². The Kier molecular flexibility index (Phi) is 5.06. The molecule has 2 heterocycles. The minimum absolute atomic E-state index is 0.329. The maximum Gasteiger partial charge on any atom is 0.267 e. The fraction of sp³-hybridized carbons (Fsp3) is 0.0588. The molecule has 1 aromatic carbocycles. The van der Waals surface area contributed by atoms with E-state index in [0.717, 1.165) is 16.9 Å². The number of aryl methyl sites for hydroxylation is 1. The van der Waals surface area contributed by atoms with Gasteiger partial charge in [-0.05, 0) is 30.7 Å². The van der Waals surface area contributed by atoms with Gasteiger partial charge in [0.05, 0.1) is 22.5 Å². The zero-order valence-electron chi connectivity index (χ0n) is 13.1. The second-order valence-corrected chi connectivity index (χ2v) is 6.55. The van der Waals surface area contributed by atoms with Gasteiger partial charge in [-0.3, -0.25) is 19.9 Å². The van der Waals surface area contributed by atoms with Crippen LogP contribution in [0.5, 0.6) is 0 Å². The van der Waals surface area contributed by atoms with Crippen LogP contribution in [0.4, 0.5) is 10.8 Å². The highest BCUT2D eigenvalue weighted by atomic mass is 35.5. The number of nitrogens with zero attached hydrogens (tertiary/aromatic N) is 2. The molecule has 126 valence electrons. The van der Waals surface area contributed by atoms with Crippen molar-refractivity contribution in [3.05, 3.63) is 69.9 Å². The highest BCUT2D eigenvalue weighted by Crippen LogP contribution is 2.27. The van der Waals surface area contributed by atoms with Gasteiger partial charge in [-0.1, -0.05) is 35.1 Å². The first-order valence-electron chi connectivity index (χ1n) is 7.28. The van der Waals surface area contributed by atoms with E-state index in [1.165, 1.54) is 12.4 Å². The minimum Gasteiger partial charge on any atom is -0.320 e. The summed E-state index contributed by atoms with van der Waals surface area (Å²) in [7, 11) is 0. The van der Waals surface area contributed by atoms with Crippen LogP contribution >= 0.6 is 22.9 Å². The molecule has 0 unspecified atom stereocenters. The number of para-hydroxylation sites is 1. The third kappa shape index (κ3) is 4.01. The van der Waals surface area contributed by atoms with Crippen LogP contribution in [0.1, 0.15) is 25.6 Å². The summed E-state index contributed by atoms with van der Waals surface area (Å²) in [4.78, 5) is 32.7. The van der Waals surface area contributed by atoms with Crippen molar-refractivity contribution in [3.63, 3.8) is 0 Å². The van der Waals surface area contributed by atoms with Gasteiger partial charge in [0.25, 0.3) is 11.8 Å². The molecular weight excluding hydrogens is 360 g/mol. The van der Waals surface area contributed by atoms with Gasteiger partial charge in [0.2, 0.25) is 0 Å². The molecule has 0 radical (unpaired) electrons. The molecule has 6 nitrogen and oxygen atoms in total. The highest BCUT2D eigenvalue weighted by Gasteiger charge is 2.15. The largest absolute Gasteiger partial charge is 0.320 e.